The third-order valence-corrected chi connectivity index (χ3v) is 4.80. The van der Waals surface area contributed by atoms with Gasteiger partial charge in [-0.1, -0.05) is 0 Å². The number of non-ortho nitro benzene ring substituents is 1. The maximum atomic E-state index is 12.6. The number of methoxy groups -OCH3 is 2. The van der Waals surface area contributed by atoms with E-state index in [1.54, 1.807) is 7.11 Å². The minimum absolute atomic E-state index is 0.0837. The summed E-state index contributed by atoms with van der Waals surface area (Å²) in [7, 11) is 3.05. The van der Waals surface area contributed by atoms with Crippen molar-refractivity contribution in [2.45, 2.75) is 25.4 Å². The quantitative estimate of drug-likeness (QED) is 0.506. The standard InChI is InChI=1S/C20H23N3O5/c1-27-17-8-3-14(4-9-17)12-22(15-5-6-15)13-20(24)21-18-10-7-16(23(25)26)11-19(18)28-2/h3-4,7-11,15H,5-6,12-13H2,1-2H3,(H,21,24)/p+1. The summed E-state index contributed by atoms with van der Waals surface area (Å²) in [6.45, 7) is 1.07. The van der Waals surface area contributed by atoms with E-state index in [1.165, 1.54) is 30.2 Å². The first-order valence-electron chi connectivity index (χ1n) is 9.10. The minimum atomic E-state index is -0.498. The van der Waals surface area contributed by atoms with Crippen molar-refractivity contribution in [3.8, 4) is 11.5 Å². The Morgan fingerprint density at radius 2 is 1.89 bits per heavy atom. The van der Waals surface area contributed by atoms with Crippen LogP contribution in [0.15, 0.2) is 42.5 Å². The maximum Gasteiger partial charge on any atom is 0.279 e. The van der Waals surface area contributed by atoms with E-state index in [4.69, 9.17) is 9.47 Å². The first-order chi connectivity index (χ1) is 13.5. The van der Waals surface area contributed by atoms with E-state index in [0.29, 0.717) is 18.3 Å². The molecular weight excluding hydrogens is 362 g/mol. The highest BCUT2D eigenvalue weighted by Gasteiger charge is 2.34. The van der Waals surface area contributed by atoms with Crippen molar-refractivity contribution in [3.05, 3.63) is 58.1 Å². The van der Waals surface area contributed by atoms with Gasteiger partial charge in [-0.05, 0) is 30.3 Å². The first kappa shape index (κ1) is 19.6. The molecule has 3 rings (SSSR count). The van der Waals surface area contributed by atoms with Gasteiger partial charge in [-0.15, -0.1) is 0 Å². The van der Waals surface area contributed by atoms with Gasteiger partial charge in [0, 0.05) is 24.5 Å². The second kappa shape index (κ2) is 8.71. The van der Waals surface area contributed by atoms with Crippen LogP contribution in [0.2, 0.25) is 0 Å². The van der Waals surface area contributed by atoms with Crippen molar-refractivity contribution in [1.82, 2.24) is 0 Å². The fraction of sp³-hybridized carbons (Fsp3) is 0.350. The zero-order valence-electron chi connectivity index (χ0n) is 15.9. The average Bonchev–Trinajstić information content (AvgIpc) is 3.53. The van der Waals surface area contributed by atoms with Crippen LogP contribution in [0.1, 0.15) is 18.4 Å². The Labute approximate surface area is 163 Å². The number of nitro benzene ring substituents is 1. The predicted molar refractivity (Wildman–Crippen MR) is 104 cm³/mol. The number of quaternary nitrogens is 1. The van der Waals surface area contributed by atoms with Crippen LogP contribution >= 0.6 is 0 Å². The molecule has 28 heavy (non-hydrogen) atoms. The summed E-state index contributed by atoms with van der Waals surface area (Å²) in [5, 5.41) is 13.7. The molecule has 0 heterocycles. The number of carbonyl (C=O) groups is 1. The molecule has 8 nitrogen and oxygen atoms in total. The Bertz CT molecular complexity index is 849. The third kappa shape index (κ3) is 4.98. The van der Waals surface area contributed by atoms with Crippen molar-refractivity contribution < 1.29 is 24.1 Å². The van der Waals surface area contributed by atoms with Crippen molar-refractivity contribution in [2.75, 3.05) is 26.1 Å². The monoisotopic (exact) mass is 386 g/mol. The fourth-order valence-corrected chi connectivity index (χ4v) is 3.15. The molecule has 0 bridgehead atoms. The van der Waals surface area contributed by atoms with Crippen LogP contribution in [-0.2, 0) is 11.3 Å². The van der Waals surface area contributed by atoms with E-state index in [1.807, 2.05) is 24.3 Å². The number of hydrogen-bond donors (Lipinski definition) is 2. The molecule has 0 radical (unpaired) electrons. The Kier molecular flexibility index (Phi) is 6.10. The molecule has 2 aromatic rings. The van der Waals surface area contributed by atoms with E-state index in [0.717, 1.165) is 30.7 Å². The van der Waals surface area contributed by atoms with Crippen LogP contribution in [-0.4, -0.2) is 37.6 Å². The first-order valence-corrected chi connectivity index (χ1v) is 9.10. The highest BCUT2D eigenvalue weighted by molar-refractivity contribution is 5.93. The van der Waals surface area contributed by atoms with Crippen molar-refractivity contribution in [2.24, 2.45) is 0 Å². The van der Waals surface area contributed by atoms with Gasteiger partial charge in [0.15, 0.2) is 6.54 Å². The van der Waals surface area contributed by atoms with Gasteiger partial charge in [-0.2, -0.15) is 0 Å². The molecule has 1 unspecified atom stereocenters. The number of rotatable bonds is 9. The van der Waals surface area contributed by atoms with Crippen LogP contribution in [0.4, 0.5) is 11.4 Å². The van der Waals surface area contributed by atoms with Gasteiger partial charge in [0.2, 0.25) is 0 Å². The molecule has 1 amide bonds. The smallest absolute Gasteiger partial charge is 0.279 e. The molecule has 1 fully saturated rings. The number of nitro groups is 1. The molecule has 1 aliphatic rings. The molecule has 2 N–H and O–H groups in total. The normalized spacial score (nSPS) is 14.2. The number of anilines is 1. The number of nitrogens with one attached hydrogen (secondary N) is 2. The Morgan fingerprint density at radius 3 is 2.46 bits per heavy atom. The summed E-state index contributed by atoms with van der Waals surface area (Å²) >= 11 is 0. The summed E-state index contributed by atoms with van der Waals surface area (Å²) in [5.74, 6) is 0.924. The van der Waals surface area contributed by atoms with Crippen molar-refractivity contribution in [1.29, 1.82) is 0 Å². The summed E-state index contributed by atoms with van der Waals surface area (Å²) in [6.07, 6.45) is 2.22. The largest absolute Gasteiger partial charge is 0.497 e. The predicted octanol–water partition coefficient (Wildman–Crippen LogP) is 1.80. The van der Waals surface area contributed by atoms with Crippen LogP contribution in [0, 0.1) is 10.1 Å². The summed E-state index contributed by atoms with van der Waals surface area (Å²) < 4.78 is 10.4. The van der Waals surface area contributed by atoms with Gasteiger partial charge in [-0.25, -0.2) is 0 Å². The molecule has 0 aromatic heterocycles. The van der Waals surface area contributed by atoms with E-state index in [9.17, 15) is 14.9 Å². The second-order valence-electron chi connectivity index (χ2n) is 6.82. The number of nitrogens with zero attached hydrogens (tertiary/aromatic N) is 1. The van der Waals surface area contributed by atoms with E-state index in [2.05, 4.69) is 5.32 Å². The maximum absolute atomic E-state index is 12.6. The molecular formula is C20H24N3O5+. The molecule has 0 spiro atoms. The number of hydrogen-bond acceptors (Lipinski definition) is 5. The molecule has 1 aliphatic carbocycles. The SMILES string of the molecule is COc1ccc(C[NH+](CC(=O)Nc2ccc([N+](=O)[O-])cc2OC)C2CC2)cc1. The van der Waals surface area contributed by atoms with Crippen molar-refractivity contribution >= 4 is 17.3 Å². The van der Waals surface area contributed by atoms with Crippen LogP contribution in [0.5, 0.6) is 11.5 Å². The Hall–Kier alpha value is -3.13. The van der Waals surface area contributed by atoms with Gasteiger partial charge in [0.1, 0.15) is 18.0 Å². The Morgan fingerprint density at radius 1 is 1.18 bits per heavy atom. The average molecular weight is 386 g/mol. The number of amides is 1. The molecule has 1 atom stereocenters. The zero-order valence-corrected chi connectivity index (χ0v) is 15.9. The lowest BCUT2D eigenvalue weighted by Crippen LogP contribution is -3.13. The van der Waals surface area contributed by atoms with E-state index < -0.39 is 4.92 Å². The fourth-order valence-electron chi connectivity index (χ4n) is 3.15. The second-order valence-corrected chi connectivity index (χ2v) is 6.82. The van der Waals surface area contributed by atoms with Crippen molar-refractivity contribution in [3.63, 3.8) is 0 Å². The van der Waals surface area contributed by atoms with Gasteiger partial charge in [-0.3, -0.25) is 14.9 Å². The lowest BCUT2D eigenvalue weighted by molar-refractivity contribution is -0.916. The van der Waals surface area contributed by atoms with Crippen LogP contribution < -0.4 is 19.7 Å². The topological polar surface area (TPSA) is 95.1 Å². The van der Waals surface area contributed by atoms with Gasteiger partial charge in [0.05, 0.1) is 36.9 Å². The Balaban J connectivity index is 1.65. The highest BCUT2D eigenvalue weighted by atomic mass is 16.6. The van der Waals surface area contributed by atoms with Gasteiger partial charge in [0.25, 0.3) is 11.6 Å². The molecule has 148 valence electrons. The number of ether oxygens (including phenoxy) is 2. The summed E-state index contributed by atoms with van der Waals surface area (Å²) in [6, 6.07) is 12.5. The van der Waals surface area contributed by atoms with Gasteiger partial charge >= 0.3 is 0 Å². The molecule has 0 saturated heterocycles. The number of benzene rings is 2. The molecule has 8 heteroatoms. The number of carbonyl (C=O) groups excluding carboxylic acids is 1. The highest BCUT2D eigenvalue weighted by Crippen LogP contribution is 2.28. The third-order valence-electron chi connectivity index (χ3n) is 4.80. The van der Waals surface area contributed by atoms with Crippen LogP contribution in [0.3, 0.4) is 0 Å². The van der Waals surface area contributed by atoms with E-state index in [-0.39, 0.29) is 17.3 Å². The molecule has 2 aromatic carbocycles. The molecule has 0 aliphatic heterocycles. The molecule has 1 saturated carbocycles. The summed E-state index contributed by atoms with van der Waals surface area (Å²) in [5.41, 5.74) is 1.49. The lowest BCUT2D eigenvalue weighted by atomic mass is 10.2. The van der Waals surface area contributed by atoms with Crippen LogP contribution in [0.25, 0.3) is 0 Å². The lowest BCUT2D eigenvalue weighted by Gasteiger charge is -2.19. The van der Waals surface area contributed by atoms with Gasteiger partial charge < -0.3 is 19.7 Å². The minimum Gasteiger partial charge on any atom is -0.497 e. The summed E-state index contributed by atoms with van der Waals surface area (Å²) in [4.78, 5) is 24.2. The van der Waals surface area contributed by atoms with E-state index >= 15 is 0 Å². The zero-order chi connectivity index (χ0) is 20.1.